The molecule has 1 atom stereocenters. The van der Waals surface area contributed by atoms with Gasteiger partial charge in [-0.15, -0.1) is 0 Å². The molecule has 0 aromatic heterocycles. The first kappa shape index (κ1) is 19.9. The van der Waals surface area contributed by atoms with Crippen molar-refractivity contribution in [1.82, 2.24) is 5.32 Å². The van der Waals surface area contributed by atoms with Crippen LogP contribution in [0.5, 0.6) is 0 Å². The highest BCUT2D eigenvalue weighted by molar-refractivity contribution is 7.92. The van der Waals surface area contributed by atoms with E-state index in [0.29, 0.717) is 24.3 Å². The topological polar surface area (TPSA) is 101 Å². The average Bonchev–Trinajstić information content (AvgIpc) is 2.61. The van der Waals surface area contributed by atoms with E-state index in [-0.39, 0.29) is 22.3 Å². The van der Waals surface area contributed by atoms with Crippen LogP contribution in [0.3, 0.4) is 0 Å². The molecule has 0 aliphatic heterocycles. The lowest BCUT2D eigenvalue weighted by atomic mass is 10.1. The van der Waals surface area contributed by atoms with Crippen LogP contribution in [-0.2, 0) is 10.0 Å². The highest BCUT2D eigenvalue weighted by atomic mass is 32.2. The maximum atomic E-state index is 13.3. The van der Waals surface area contributed by atoms with E-state index in [2.05, 4.69) is 10.0 Å². The highest BCUT2D eigenvalue weighted by Gasteiger charge is 2.16. The molecular formula is C18H22FN3O3S. The Morgan fingerprint density at radius 3 is 2.42 bits per heavy atom. The van der Waals surface area contributed by atoms with Crippen LogP contribution in [0.15, 0.2) is 47.4 Å². The van der Waals surface area contributed by atoms with Gasteiger partial charge in [0.1, 0.15) is 5.82 Å². The number of aryl methyl sites for hydroxylation is 1. The third kappa shape index (κ3) is 5.03. The molecule has 2 aromatic rings. The molecule has 1 amide bonds. The Morgan fingerprint density at radius 2 is 1.85 bits per heavy atom. The van der Waals surface area contributed by atoms with Gasteiger partial charge in [0.05, 0.1) is 4.90 Å². The first-order valence-corrected chi connectivity index (χ1v) is 9.58. The number of nitrogens with two attached hydrogens (primary N) is 1. The van der Waals surface area contributed by atoms with Gasteiger partial charge >= 0.3 is 0 Å². The fourth-order valence-corrected chi connectivity index (χ4v) is 3.28. The van der Waals surface area contributed by atoms with E-state index in [1.54, 1.807) is 0 Å². The molecule has 26 heavy (non-hydrogen) atoms. The molecule has 2 aromatic carbocycles. The van der Waals surface area contributed by atoms with Crippen LogP contribution in [-0.4, -0.2) is 27.4 Å². The number of amides is 1. The van der Waals surface area contributed by atoms with Crippen molar-refractivity contribution in [3.05, 3.63) is 59.4 Å². The molecule has 0 spiro atoms. The number of sulfonamides is 1. The summed E-state index contributed by atoms with van der Waals surface area (Å²) in [5, 5.41) is 2.76. The summed E-state index contributed by atoms with van der Waals surface area (Å²) in [4.78, 5) is 12.0. The largest absolute Gasteiger partial charge is 0.352 e. The molecule has 0 heterocycles. The Morgan fingerprint density at radius 1 is 1.19 bits per heavy atom. The number of carbonyl (C=O) groups is 1. The van der Waals surface area contributed by atoms with E-state index in [4.69, 9.17) is 5.73 Å². The molecule has 1 unspecified atom stereocenters. The molecule has 8 heteroatoms. The molecule has 0 aliphatic rings. The van der Waals surface area contributed by atoms with Crippen LogP contribution in [0.1, 0.15) is 22.8 Å². The second kappa shape index (κ2) is 8.29. The smallest absolute Gasteiger partial charge is 0.261 e. The monoisotopic (exact) mass is 379 g/mol. The lowest BCUT2D eigenvalue weighted by Gasteiger charge is -2.11. The predicted octanol–water partition coefficient (Wildman–Crippen LogP) is 2.26. The van der Waals surface area contributed by atoms with E-state index in [1.807, 2.05) is 6.92 Å². The molecule has 140 valence electrons. The number of halogens is 1. The van der Waals surface area contributed by atoms with Crippen molar-refractivity contribution in [3.63, 3.8) is 0 Å². The van der Waals surface area contributed by atoms with Gasteiger partial charge in [0.15, 0.2) is 0 Å². The molecule has 4 N–H and O–H groups in total. The van der Waals surface area contributed by atoms with Crippen molar-refractivity contribution in [2.45, 2.75) is 18.7 Å². The Kier molecular flexibility index (Phi) is 6.33. The summed E-state index contributed by atoms with van der Waals surface area (Å²) < 4.78 is 40.5. The van der Waals surface area contributed by atoms with E-state index < -0.39 is 15.8 Å². The molecule has 0 saturated carbocycles. The summed E-state index contributed by atoms with van der Waals surface area (Å²) in [6.07, 6.45) is 0. The van der Waals surface area contributed by atoms with Gasteiger partial charge in [0.25, 0.3) is 15.9 Å². The van der Waals surface area contributed by atoms with Crippen molar-refractivity contribution in [3.8, 4) is 0 Å². The summed E-state index contributed by atoms with van der Waals surface area (Å²) in [5.41, 5.74) is 6.46. The van der Waals surface area contributed by atoms with Crippen molar-refractivity contribution >= 4 is 21.6 Å². The quantitative estimate of drug-likeness (QED) is 0.687. The second-order valence-electron chi connectivity index (χ2n) is 6.14. The lowest BCUT2D eigenvalue weighted by molar-refractivity contribution is 0.0948. The van der Waals surface area contributed by atoms with Gasteiger partial charge in [0.2, 0.25) is 0 Å². The first-order chi connectivity index (χ1) is 12.2. The predicted molar refractivity (Wildman–Crippen MR) is 98.9 cm³/mol. The SMILES string of the molecule is Cc1cc(S(=O)(=O)Nc2ccc(C(=O)NCC(C)CN)cc2)ccc1F. The first-order valence-electron chi connectivity index (χ1n) is 8.10. The summed E-state index contributed by atoms with van der Waals surface area (Å²) in [6, 6.07) is 9.61. The van der Waals surface area contributed by atoms with Gasteiger partial charge in [0, 0.05) is 17.8 Å². The van der Waals surface area contributed by atoms with Gasteiger partial charge < -0.3 is 11.1 Å². The Bertz CT molecular complexity index is 883. The third-order valence-electron chi connectivity index (χ3n) is 3.85. The van der Waals surface area contributed by atoms with Crippen molar-refractivity contribution < 1.29 is 17.6 Å². The average molecular weight is 379 g/mol. The summed E-state index contributed by atoms with van der Waals surface area (Å²) >= 11 is 0. The zero-order valence-electron chi connectivity index (χ0n) is 14.6. The summed E-state index contributed by atoms with van der Waals surface area (Å²) in [7, 11) is -3.84. The van der Waals surface area contributed by atoms with Crippen LogP contribution < -0.4 is 15.8 Å². The zero-order valence-corrected chi connectivity index (χ0v) is 15.4. The fourth-order valence-electron chi connectivity index (χ4n) is 2.14. The van der Waals surface area contributed by atoms with Gasteiger partial charge in [-0.3, -0.25) is 9.52 Å². The van der Waals surface area contributed by atoms with Crippen LogP contribution >= 0.6 is 0 Å². The molecule has 0 bridgehead atoms. The lowest BCUT2D eigenvalue weighted by Crippen LogP contribution is -2.31. The minimum absolute atomic E-state index is 0.0333. The van der Waals surface area contributed by atoms with E-state index in [9.17, 15) is 17.6 Å². The molecular weight excluding hydrogens is 357 g/mol. The van der Waals surface area contributed by atoms with Crippen LogP contribution in [0, 0.1) is 18.7 Å². The van der Waals surface area contributed by atoms with E-state index in [0.717, 1.165) is 6.07 Å². The normalized spacial score (nSPS) is 12.5. The van der Waals surface area contributed by atoms with Crippen molar-refractivity contribution in [2.24, 2.45) is 11.7 Å². The van der Waals surface area contributed by atoms with Gasteiger partial charge in [-0.05, 0) is 67.4 Å². The van der Waals surface area contributed by atoms with Crippen molar-refractivity contribution in [1.29, 1.82) is 0 Å². The highest BCUT2D eigenvalue weighted by Crippen LogP contribution is 2.19. The van der Waals surface area contributed by atoms with E-state index >= 15 is 0 Å². The summed E-state index contributed by atoms with van der Waals surface area (Å²) in [6.45, 7) is 4.36. The number of benzene rings is 2. The molecule has 2 rings (SSSR count). The number of carbonyl (C=O) groups excluding carboxylic acids is 1. The van der Waals surface area contributed by atoms with Crippen LogP contribution in [0.25, 0.3) is 0 Å². The van der Waals surface area contributed by atoms with Gasteiger partial charge in [-0.25, -0.2) is 12.8 Å². The van der Waals surface area contributed by atoms with E-state index in [1.165, 1.54) is 43.3 Å². The standard InChI is InChI=1S/C18H22FN3O3S/c1-12(10-20)11-21-18(23)14-3-5-15(6-4-14)22-26(24,25)16-7-8-17(19)13(2)9-16/h3-9,12,22H,10-11,20H2,1-2H3,(H,21,23). The molecule has 0 radical (unpaired) electrons. The Hall–Kier alpha value is -2.45. The van der Waals surface area contributed by atoms with Crippen LogP contribution in [0.2, 0.25) is 0 Å². The van der Waals surface area contributed by atoms with Gasteiger partial charge in [-0.2, -0.15) is 0 Å². The number of rotatable bonds is 7. The minimum Gasteiger partial charge on any atom is -0.352 e. The Balaban J connectivity index is 2.08. The molecule has 0 saturated heterocycles. The maximum absolute atomic E-state index is 13.3. The Labute approximate surface area is 152 Å². The van der Waals surface area contributed by atoms with Crippen molar-refractivity contribution in [2.75, 3.05) is 17.8 Å². The second-order valence-corrected chi connectivity index (χ2v) is 7.83. The summed E-state index contributed by atoms with van der Waals surface area (Å²) in [5.74, 6) is -0.554. The fraction of sp³-hybridized carbons (Fsp3) is 0.278. The minimum atomic E-state index is -3.84. The van der Waals surface area contributed by atoms with Crippen LogP contribution in [0.4, 0.5) is 10.1 Å². The van der Waals surface area contributed by atoms with Gasteiger partial charge in [-0.1, -0.05) is 6.92 Å². The number of anilines is 1. The third-order valence-corrected chi connectivity index (χ3v) is 5.23. The maximum Gasteiger partial charge on any atom is 0.261 e. The molecule has 6 nitrogen and oxygen atoms in total. The number of nitrogens with one attached hydrogen (secondary N) is 2. The zero-order chi connectivity index (χ0) is 19.3. The number of hydrogen-bond donors (Lipinski definition) is 3. The number of hydrogen-bond acceptors (Lipinski definition) is 4. The molecule has 0 fully saturated rings. The molecule has 0 aliphatic carbocycles.